The summed E-state index contributed by atoms with van der Waals surface area (Å²) in [5.41, 5.74) is 9.02. The van der Waals surface area contributed by atoms with Gasteiger partial charge in [-0.05, 0) is 50.1 Å². The summed E-state index contributed by atoms with van der Waals surface area (Å²) in [5.74, 6) is 0.619. The maximum absolute atomic E-state index is 5.95. The minimum atomic E-state index is 0.619. The van der Waals surface area contributed by atoms with Crippen LogP contribution in [0.2, 0.25) is 5.02 Å². The molecule has 1 fully saturated rings. The number of anilines is 1. The summed E-state index contributed by atoms with van der Waals surface area (Å²) >= 11 is 5.95. The molecule has 2 aromatic rings. The van der Waals surface area contributed by atoms with Gasteiger partial charge in [0.05, 0.1) is 23.3 Å². The van der Waals surface area contributed by atoms with Crippen molar-refractivity contribution in [3.8, 4) is 5.69 Å². The van der Waals surface area contributed by atoms with Crippen molar-refractivity contribution in [3.05, 3.63) is 41.2 Å². The van der Waals surface area contributed by atoms with Gasteiger partial charge in [-0.2, -0.15) is 5.10 Å². The van der Waals surface area contributed by atoms with E-state index in [2.05, 4.69) is 10.4 Å². The molecule has 1 saturated carbocycles. The number of rotatable bonds is 6. The molecule has 3 N–H and O–H groups in total. The van der Waals surface area contributed by atoms with Crippen molar-refractivity contribution in [1.29, 1.82) is 0 Å². The Kier molecular flexibility index (Phi) is 3.94. The highest BCUT2D eigenvalue weighted by Crippen LogP contribution is 2.44. The normalized spacial score (nSPS) is 14.5. The Morgan fingerprint density at radius 2 is 2.05 bits per heavy atom. The standard InChI is InChI=1S/C15H19ClN4/c16-12-4-6-13(7-5-12)20-15(11-2-3-11)14(10-19-20)18-9-1-8-17/h4-7,10-11,18H,1-3,8-9,17H2. The number of nitrogens with two attached hydrogens (primary N) is 1. The highest BCUT2D eigenvalue weighted by molar-refractivity contribution is 6.30. The summed E-state index contributed by atoms with van der Waals surface area (Å²) in [4.78, 5) is 0. The number of hydrogen-bond acceptors (Lipinski definition) is 3. The first-order valence-electron chi connectivity index (χ1n) is 7.07. The van der Waals surface area contributed by atoms with Crippen LogP contribution in [0.1, 0.15) is 30.9 Å². The molecule has 1 aliphatic carbocycles. The van der Waals surface area contributed by atoms with Crippen LogP contribution < -0.4 is 11.1 Å². The fourth-order valence-electron chi connectivity index (χ4n) is 2.36. The van der Waals surface area contributed by atoms with E-state index < -0.39 is 0 Å². The van der Waals surface area contributed by atoms with Crippen molar-refractivity contribution < 1.29 is 0 Å². The second-order valence-corrected chi connectivity index (χ2v) is 5.61. The Hall–Kier alpha value is -1.52. The summed E-state index contributed by atoms with van der Waals surface area (Å²) in [7, 11) is 0. The van der Waals surface area contributed by atoms with Gasteiger partial charge in [0, 0.05) is 17.5 Å². The molecule has 106 valence electrons. The minimum Gasteiger partial charge on any atom is -0.382 e. The maximum atomic E-state index is 5.95. The molecule has 0 radical (unpaired) electrons. The lowest BCUT2D eigenvalue weighted by atomic mass is 10.2. The molecular formula is C15H19ClN4. The van der Waals surface area contributed by atoms with Crippen molar-refractivity contribution >= 4 is 17.3 Å². The summed E-state index contributed by atoms with van der Waals surface area (Å²) in [6, 6.07) is 7.81. The fraction of sp³-hybridized carbons (Fsp3) is 0.400. The molecule has 0 aliphatic heterocycles. The highest BCUT2D eigenvalue weighted by Gasteiger charge is 2.30. The predicted molar refractivity (Wildman–Crippen MR) is 82.7 cm³/mol. The first kappa shape index (κ1) is 13.5. The summed E-state index contributed by atoms with van der Waals surface area (Å²) < 4.78 is 2.03. The molecule has 0 atom stereocenters. The predicted octanol–water partition coefficient (Wildman–Crippen LogP) is 3.16. The number of nitrogens with zero attached hydrogens (tertiary/aromatic N) is 2. The summed E-state index contributed by atoms with van der Waals surface area (Å²) in [6.45, 7) is 1.60. The SMILES string of the molecule is NCCCNc1cnn(-c2ccc(Cl)cc2)c1C1CC1. The van der Waals surface area contributed by atoms with Gasteiger partial charge < -0.3 is 11.1 Å². The van der Waals surface area contributed by atoms with Gasteiger partial charge >= 0.3 is 0 Å². The lowest BCUT2D eigenvalue weighted by molar-refractivity contribution is 0.807. The highest BCUT2D eigenvalue weighted by atomic mass is 35.5. The number of aromatic nitrogens is 2. The molecule has 1 heterocycles. The number of halogens is 1. The smallest absolute Gasteiger partial charge is 0.0766 e. The monoisotopic (exact) mass is 290 g/mol. The zero-order valence-electron chi connectivity index (χ0n) is 11.3. The van der Waals surface area contributed by atoms with Crippen LogP contribution in [0.3, 0.4) is 0 Å². The van der Waals surface area contributed by atoms with Crippen molar-refractivity contribution in [3.63, 3.8) is 0 Å². The lowest BCUT2D eigenvalue weighted by Gasteiger charge is -2.10. The van der Waals surface area contributed by atoms with Gasteiger partial charge in [0.15, 0.2) is 0 Å². The van der Waals surface area contributed by atoms with E-state index in [-0.39, 0.29) is 0 Å². The van der Waals surface area contributed by atoms with Gasteiger partial charge in [0.1, 0.15) is 0 Å². The number of nitrogens with one attached hydrogen (secondary N) is 1. The van der Waals surface area contributed by atoms with Crippen molar-refractivity contribution in [2.75, 3.05) is 18.4 Å². The van der Waals surface area contributed by atoms with E-state index in [0.29, 0.717) is 12.5 Å². The molecule has 0 bridgehead atoms. The third-order valence-electron chi connectivity index (χ3n) is 3.54. The number of hydrogen-bond donors (Lipinski definition) is 2. The molecule has 20 heavy (non-hydrogen) atoms. The molecule has 0 saturated heterocycles. The van der Waals surface area contributed by atoms with E-state index in [0.717, 1.165) is 29.4 Å². The van der Waals surface area contributed by atoms with E-state index >= 15 is 0 Å². The quantitative estimate of drug-likeness (QED) is 0.804. The summed E-state index contributed by atoms with van der Waals surface area (Å²) in [5, 5.41) is 8.73. The van der Waals surface area contributed by atoms with E-state index in [1.807, 2.05) is 35.1 Å². The Morgan fingerprint density at radius 1 is 1.30 bits per heavy atom. The molecule has 0 unspecified atom stereocenters. The van der Waals surface area contributed by atoms with Crippen LogP contribution in [0.4, 0.5) is 5.69 Å². The molecule has 0 spiro atoms. The van der Waals surface area contributed by atoms with Crippen LogP contribution in [0.5, 0.6) is 0 Å². The van der Waals surface area contributed by atoms with Crippen molar-refractivity contribution in [2.24, 2.45) is 5.73 Å². The number of benzene rings is 1. The Labute approximate surface area is 123 Å². The van der Waals surface area contributed by atoms with Crippen LogP contribution in [-0.2, 0) is 0 Å². The third-order valence-corrected chi connectivity index (χ3v) is 3.79. The lowest BCUT2D eigenvalue weighted by Crippen LogP contribution is -2.10. The van der Waals surface area contributed by atoms with Gasteiger partial charge in [0.25, 0.3) is 0 Å². The van der Waals surface area contributed by atoms with Crippen molar-refractivity contribution in [1.82, 2.24) is 9.78 Å². The van der Waals surface area contributed by atoms with Crippen LogP contribution in [0.25, 0.3) is 5.69 Å². The summed E-state index contributed by atoms with van der Waals surface area (Å²) in [6.07, 6.45) is 5.37. The second-order valence-electron chi connectivity index (χ2n) is 5.17. The van der Waals surface area contributed by atoms with Crippen LogP contribution in [0.15, 0.2) is 30.5 Å². The van der Waals surface area contributed by atoms with Gasteiger partial charge in [-0.15, -0.1) is 0 Å². The van der Waals surface area contributed by atoms with E-state index in [1.165, 1.54) is 18.5 Å². The Morgan fingerprint density at radius 3 is 2.70 bits per heavy atom. The average molecular weight is 291 g/mol. The molecular weight excluding hydrogens is 272 g/mol. The van der Waals surface area contributed by atoms with E-state index in [4.69, 9.17) is 17.3 Å². The van der Waals surface area contributed by atoms with E-state index in [9.17, 15) is 0 Å². The average Bonchev–Trinajstić information content (AvgIpc) is 3.21. The molecule has 1 aromatic heterocycles. The van der Waals surface area contributed by atoms with Crippen LogP contribution in [-0.4, -0.2) is 22.9 Å². The molecule has 5 heteroatoms. The molecule has 0 amide bonds. The topological polar surface area (TPSA) is 55.9 Å². The van der Waals surface area contributed by atoms with Crippen LogP contribution in [0, 0.1) is 0 Å². The Balaban J connectivity index is 1.88. The molecule has 3 rings (SSSR count). The minimum absolute atomic E-state index is 0.619. The first-order chi connectivity index (χ1) is 9.79. The van der Waals surface area contributed by atoms with Crippen LogP contribution >= 0.6 is 11.6 Å². The second kappa shape index (κ2) is 5.85. The van der Waals surface area contributed by atoms with E-state index in [1.54, 1.807) is 0 Å². The van der Waals surface area contributed by atoms with Gasteiger partial charge in [0.2, 0.25) is 0 Å². The zero-order valence-corrected chi connectivity index (χ0v) is 12.1. The van der Waals surface area contributed by atoms with Gasteiger partial charge in [-0.3, -0.25) is 0 Å². The largest absolute Gasteiger partial charge is 0.382 e. The molecule has 1 aromatic carbocycles. The third kappa shape index (κ3) is 2.81. The zero-order chi connectivity index (χ0) is 13.9. The fourth-order valence-corrected chi connectivity index (χ4v) is 2.48. The van der Waals surface area contributed by atoms with Crippen molar-refractivity contribution in [2.45, 2.75) is 25.2 Å². The maximum Gasteiger partial charge on any atom is 0.0766 e. The van der Waals surface area contributed by atoms with Gasteiger partial charge in [-0.25, -0.2) is 4.68 Å². The van der Waals surface area contributed by atoms with Gasteiger partial charge in [-0.1, -0.05) is 11.6 Å². The molecule has 1 aliphatic rings. The Bertz CT molecular complexity index is 572. The molecule has 4 nitrogen and oxygen atoms in total. The first-order valence-corrected chi connectivity index (χ1v) is 7.45.